The van der Waals surface area contributed by atoms with E-state index in [9.17, 15) is 35.4 Å². The maximum absolute atomic E-state index is 10.00. The number of aliphatic hydroxyl groups is 8. The average molecular weight is 458 g/mol. The molecule has 9 N–H and O–H groups in total. The van der Waals surface area contributed by atoms with Gasteiger partial charge in [-0.3, -0.25) is 4.79 Å². The Bertz CT molecular complexity index is 533. The van der Waals surface area contributed by atoms with Crippen LogP contribution >= 0.6 is 0 Å². The quantitative estimate of drug-likeness (QED) is 0.152. The molecule has 2 heterocycles. The molecule has 0 spiro atoms. The Labute approximate surface area is 179 Å². The highest BCUT2D eigenvalue weighted by Crippen LogP contribution is 2.35. The molecule has 13 nitrogen and oxygen atoms in total. The van der Waals surface area contributed by atoms with Gasteiger partial charge in [-0.1, -0.05) is 19.8 Å². The van der Waals surface area contributed by atoms with Crippen LogP contribution in [0.15, 0.2) is 0 Å². The van der Waals surface area contributed by atoms with Gasteiger partial charge < -0.3 is 60.2 Å². The van der Waals surface area contributed by atoms with Crippen molar-refractivity contribution in [3.05, 3.63) is 0 Å². The number of carboxylic acids is 1. The SMILES string of the molecule is CCCCCC(=O)O.OC[C@H]1O[C@@](CO)(O[C@H]2O[C@H](CO)[C@@H](O)[C@H](O)[C@H]2O)[C@@H](O)[C@@H]1O. The molecule has 0 amide bonds. The average Bonchev–Trinajstić information content (AvgIpc) is 2.99. The van der Waals surface area contributed by atoms with Gasteiger partial charge >= 0.3 is 5.97 Å². The lowest BCUT2D eigenvalue weighted by molar-refractivity contribution is -0.383. The lowest BCUT2D eigenvalue weighted by atomic mass is 9.99. The Morgan fingerprint density at radius 2 is 1.52 bits per heavy atom. The topological polar surface area (TPSA) is 227 Å². The molecular weight excluding hydrogens is 424 g/mol. The van der Waals surface area contributed by atoms with E-state index < -0.39 is 80.6 Å². The first-order chi connectivity index (χ1) is 14.6. The summed E-state index contributed by atoms with van der Waals surface area (Å²) in [6, 6.07) is 0. The Balaban J connectivity index is 0.000000512. The zero-order valence-corrected chi connectivity index (χ0v) is 17.2. The van der Waals surface area contributed by atoms with Crippen molar-refractivity contribution in [2.45, 2.75) is 87.4 Å². The van der Waals surface area contributed by atoms with Crippen molar-refractivity contribution in [3.63, 3.8) is 0 Å². The van der Waals surface area contributed by atoms with E-state index >= 15 is 0 Å². The third-order valence-corrected chi connectivity index (χ3v) is 5.06. The van der Waals surface area contributed by atoms with Crippen LogP contribution < -0.4 is 0 Å². The largest absolute Gasteiger partial charge is 0.481 e. The second-order valence-corrected chi connectivity index (χ2v) is 7.41. The van der Waals surface area contributed by atoms with Crippen molar-refractivity contribution >= 4 is 5.97 Å². The number of carbonyl (C=O) groups is 1. The summed E-state index contributed by atoms with van der Waals surface area (Å²) in [4.78, 5) is 9.87. The van der Waals surface area contributed by atoms with E-state index in [2.05, 4.69) is 6.92 Å². The van der Waals surface area contributed by atoms with Gasteiger partial charge in [0, 0.05) is 6.42 Å². The second kappa shape index (κ2) is 12.9. The van der Waals surface area contributed by atoms with Crippen molar-refractivity contribution in [2.24, 2.45) is 0 Å². The fourth-order valence-corrected chi connectivity index (χ4v) is 3.16. The molecule has 2 saturated heterocycles. The molecule has 184 valence electrons. The molecule has 0 bridgehead atoms. The third-order valence-electron chi connectivity index (χ3n) is 5.06. The maximum atomic E-state index is 10.00. The van der Waals surface area contributed by atoms with Crippen LogP contribution in [0, 0.1) is 0 Å². The number of ether oxygens (including phenoxy) is 3. The molecule has 2 aliphatic rings. The van der Waals surface area contributed by atoms with Gasteiger partial charge in [-0.25, -0.2) is 0 Å². The zero-order chi connectivity index (χ0) is 23.8. The van der Waals surface area contributed by atoms with Gasteiger partial charge in [0.25, 0.3) is 0 Å². The number of unbranched alkanes of at least 4 members (excludes halogenated alkanes) is 2. The minimum Gasteiger partial charge on any atom is -0.481 e. The van der Waals surface area contributed by atoms with Gasteiger partial charge in [-0.05, 0) is 6.42 Å². The first kappa shape index (κ1) is 28.1. The van der Waals surface area contributed by atoms with Gasteiger partial charge in [0.15, 0.2) is 6.29 Å². The van der Waals surface area contributed by atoms with Crippen molar-refractivity contribution < 1.29 is 65.0 Å². The fraction of sp³-hybridized carbons (Fsp3) is 0.944. The Morgan fingerprint density at radius 3 is 1.97 bits per heavy atom. The van der Waals surface area contributed by atoms with E-state index in [0.29, 0.717) is 6.42 Å². The molecule has 31 heavy (non-hydrogen) atoms. The molecule has 2 rings (SSSR count). The summed E-state index contributed by atoms with van der Waals surface area (Å²) in [5, 5.41) is 84.8. The molecule has 0 aromatic rings. The first-order valence-corrected chi connectivity index (χ1v) is 10.0. The van der Waals surface area contributed by atoms with E-state index in [4.69, 9.17) is 29.5 Å². The Hall–Kier alpha value is -0.970. The fourth-order valence-electron chi connectivity index (χ4n) is 3.16. The van der Waals surface area contributed by atoms with Gasteiger partial charge in [-0.2, -0.15) is 0 Å². The zero-order valence-electron chi connectivity index (χ0n) is 17.2. The maximum Gasteiger partial charge on any atom is 0.303 e. The summed E-state index contributed by atoms with van der Waals surface area (Å²) < 4.78 is 15.4. The molecule has 0 radical (unpaired) electrons. The van der Waals surface area contributed by atoms with Crippen LogP contribution in [0.3, 0.4) is 0 Å². The van der Waals surface area contributed by atoms with E-state index in [-0.39, 0.29) is 0 Å². The number of hydrogen-bond acceptors (Lipinski definition) is 12. The monoisotopic (exact) mass is 458 g/mol. The summed E-state index contributed by atoms with van der Waals surface area (Å²) in [5.74, 6) is -2.90. The lowest BCUT2D eigenvalue weighted by Gasteiger charge is -2.43. The second-order valence-electron chi connectivity index (χ2n) is 7.41. The highest BCUT2D eigenvalue weighted by atomic mass is 16.8. The van der Waals surface area contributed by atoms with Crippen LogP contribution in [0.25, 0.3) is 0 Å². The molecule has 0 aliphatic carbocycles. The molecule has 2 aliphatic heterocycles. The van der Waals surface area contributed by atoms with Crippen LogP contribution in [-0.2, 0) is 19.0 Å². The van der Waals surface area contributed by atoms with Crippen molar-refractivity contribution in [3.8, 4) is 0 Å². The molecule has 0 saturated carbocycles. The van der Waals surface area contributed by atoms with E-state index in [1.165, 1.54) is 0 Å². The highest BCUT2D eigenvalue weighted by Gasteiger charge is 2.58. The van der Waals surface area contributed by atoms with Gasteiger partial charge in [0.2, 0.25) is 5.79 Å². The molecule has 0 aromatic heterocycles. The molecule has 2 fully saturated rings. The minimum atomic E-state index is -2.22. The Kier molecular flexibility index (Phi) is 11.7. The van der Waals surface area contributed by atoms with Gasteiger partial charge in [0.1, 0.15) is 49.3 Å². The minimum absolute atomic E-state index is 0.327. The summed E-state index contributed by atoms with van der Waals surface area (Å²) in [6.45, 7) is -0.265. The van der Waals surface area contributed by atoms with Crippen molar-refractivity contribution in [1.82, 2.24) is 0 Å². The summed E-state index contributed by atoms with van der Waals surface area (Å²) in [5.41, 5.74) is 0. The third kappa shape index (κ3) is 7.00. The van der Waals surface area contributed by atoms with Crippen molar-refractivity contribution in [2.75, 3.05) is 19.8 Å². The molecule has 13 heteroatoms. The molecule has 0 unspecified atom stereocenters. The van der Waals surface area contributed by atoms with Crippen LogP contribution in [0.5, 0.6) is 0 Å². The van der Waals surface area contributed by atoms with E-state index in [1.54, 1.807) is 0 Å². The number of rotatable bonds is 9. The number of hydrogen-bond donors (Lipinski definition) is 9. The van der Waals surface area contributed by atoms with E-state index in [0.717, 1.165) is 19.3 Å². The number of aliphatic carboxylic acids is 1. The summed E-state index contributed by atoms with van der Waals surface area (Å²) in [6.07, 6.45) is -9.38. The summed E-state index contributed by atoms with van der Waals surface area (Å²) in [7, 11) is 0. The standard InChI is InChI=1S/C12H22O11.C6H12O2/c13-1-4-6(16)8(18)9(19)11(21-4)23-12(3-15)10(20)7(17)5(2-14)22-12;1-2-3-4-5-6(7)8/h4-11,13-20H,1-3H2;2-5H2,1H3,(H,7,8)/t4-,5-,6-,7-,8+,9-,10+,11-,12+;/m1./s1. The van der Waals surface area contributed by atoms with Crippen LogP contribution in [-0.4, -0.2) is 127 Å². The van der Waals surface area contributed by atoms with Crippen LogP contribution in [0.4, 0.5) is 0 Å². The molecular formula is C18H34O13. The lowest BCUT2D eigenvalue weighted by Crippen LogP contribution is -2.62. The number of aliphatic hydroxyl groups excluding tert-OH is 8. The molecule has 9 atom stereocenters. The highest BCUT2D eigenvalue weighted by molar-refractivity contribution is 5.66. The predicted octanol–water partition coefficient (Wildman–Crippen LogP) is -3.74. The smallest absolute Gasteiger partial charge is 0.303 e. The van der Waals surface area contributed by atoms with Crippen molar-refractivity contribution in [1.29, 1.82) is 0 Å². The number of carboxylic acid groups (broad SMARTS) is 1. The predicted molar refractivity (Wildman–Crippen MR) is 100 cm³/mol. The first-order valence-electron chi connectivity index (χ1n) is 10.0. The van der Waals surface area contributed by atoms with E-state index in [1.807, 2.05) is 0 Å². The van der Waals surface area contributed by atoms with Crippen LogP contribution in [0.2, 0.25) is 0 Å². The van der Waals surface area contributed by atoms with Gasteiger partial charge in [-0.15, -0.1) is 0 Å². The normalized spacial score (nSPS) is 40.3. The Morgan fingerprint density at radius 1 is 0.903 bits per heavy atom. The van der Waals surface area contributed by atoms with Crippen LogP contribution in [0.1, 0.15) is 32.6 Å². The van der Waals surface area contributed by atoms with Gasteiger partial charge in [0.05, 0.1) is 13.2 Å². The summed E-state index contributed by atoms with van der Waals surface area (Å²) >= 11 is 0. The molecule has 0 aromatic carbocycles.